The maximum atomic E-state index is 11.7. The molecule has 0 saturated carbocycles. The van der Waals surface area contributed by atoms with Gasteiger partial charge in [-0.2, -0.15) is 5.10 Å². The van der Waals surface area contributed by atoms with E-state index in [-0.39, 0.29) is 11.9 Å². The topological polar surface area (TPSA) is 44.1 Å². The number of hydrogen-bond donors (Lipinski definition) is 0. The molecule has 0 saturated heterocycles. The SMILES string of the molecule is CCOC(=O)c1c(C(C)C)nn(C)c1I. The lowest BCUT2D eigenvalue weighted by Gasteiger charge is -2.04. The number of halogens is 1. The maximum absolute atomic E-state index is 11.7. The zero-order chi connectivity index (χ0) is 11.6. The smallest absolute Gasteiger partial charge is 0.342 e. The van der Waals surface area contributed by atoms with Crippen molar-refractivity contribution in [2.24, 2.45) is 7.05 Å². The molecule has 0 bridgehead atoms. The molecule has 1 rings (SSSR count). The van der Waals surface area contributed by atoms with Crippen LogP contribution >= 0.6 is 22.6 Å². The molecule has 0 radical (unpaired) electrons. The van der Waals surface area contributed by atoms with Crippen LogP contribution in [0.5, 0.6) is 0 Å². The standard InChI is InChI=1S/C10H15IN2O2/c1-5-15-10(14)7-8(6(2)3)12-13(4)9(7)11/h6H,5H2,1-4H3. The molecule has 0 fully saturated rings. The zero-order valence-corrected chi connectivity index (χ0v) is 11.5. The molecule has 0 aromatic carbocycles. The van der Waals surface area contributed by atoms with Gasteiger partial charge in [-0.15, -0.1) is 0 Å². The highest BCUT2D eigenvalue weighted by molar-refractivity contribution is 14.1. The summed E-state index contributed by atoms with van der Waals surface area (Å²) in [5.41, 5.74) is 1.41. The third-order valence-corrected chi connectivity index (χ3v) is 3.27. The van der Waals surface area contributed by atoms with Gasteiger partial charge in [0.1, 0.15) is 9.26 Å². The fourth-order valence-electron chi connectivity index (χ4n) is 1.32. The van der Waals surface area contributed by atoms with Crippen LogP contribution in [0.3, 0.4) is 0 Å². The number of ether oxygens (including phenoxy) is 1. The van der Waals surface area contributed by atoms with Crippen molar-refractivity contribution < 1.29 is 9.53 Å². The van der Waals surface area contributed by atoms with Crippen molar-refractivity contribution >= 4 is 28.6 Å². The fourth-order valence-corrected chi connectivity index (χ4v) is 1.92. The molecule has 0 unspecified atom stereocenters. The van der Waals surface area contributed by atoms with Crippen molar-refractivity contribution in [3.63, 3.8) is 0 Å². The van der Waals surface area contributed by atoms with Gasteiger partial charge in [0, 0.05) is 7.05 Å². The third-order valence-electron chi connectivity index (χ3n) is 2.03. The molecule has 0 aliphatic carbocycles. The van der Waals surface area contributed by atoms with Crippen molar-refractivity contribution in [2.45, 2.75) is 26.7 Å². The second-order valence-electron chi connectivity index (χ2n) is 3.55. The molecule has 0 N–H and O–H groups in total. The summed E-state index contributed by atoms with van der Waals surface area (Å²) in [5, 5.41) is 4.32. The van der Waals surface area contributed by atoms with E-state index in [4.69, 9.17) is 4.74 Å². The van der Waals surface area contributed by atoms with Gasteiger partial charge in [-0.1, -0.05) is 13.8 Å². The van der Waals surface area contributed by atoms with Gasteiger partial charge in [0.25, 0.3) is 0 Å². The highest BCUT2D eigenvalue weighted by Crippen LogP contribution is 2.23. The van der Waals surface area contributed by atoms with E-state index >= 15 is 0 Å². The molecule has 0 atom stereocenters. The lowest BCUT2D eigenvalue weighted by atomic mass is 10.1. The number of aryl methyl sites for hydroxylation is 1. The van der Waals surface area contributed by atoms with Crippen LogP contribution in [0.15, 0.2) is 0 Å². The minimum Gasteiger partial charge on any atom is -0.462 e. The number of hydrogen-bond acceptors (Lipinski definition) is 3. The van der Waals surface area contributed by atoms with Crippen LogP contribution < -0.4 is 0 Å². The number of aromatic nitrogens is 2. The van der Waals surface area contributed by atoms with E-state index in [0.717, 1.165) is 9.39 Å². The molecule has 15 heavy (non-hydrogen) atoms. The van der Waals surface area contributed by atoms with Crippen LogP contribution in [0.4, 0.5) is 0 Å². The Bertz CT molecular complexity index is 372. The van der Waals surface area contributed by atoms with Crippen molar-refractivity contribution in [1.29, 1.82) is 0 Å². The van der Waals surface area contributed by atoms with Gasteiger partial charge in [0.2, 0.25) is 0 Å². The summed E-state index contributed by atoms with van der Waals surface area (Å²) in [6.07, 6.45) is 0. The Morgan fingerprint density at radius 1 is 1.60 bits per heavy atom. The maximum Gasteiger partial charge on any atom is 0.342 e. The number of carbonyl (C=O) groups is 1. The number of rotatable bonds is 3. The van der Waals surface area contributed by atoms with Gasteiger partial charge in [-0.05, 0) is 35.4 Å². The number of carbonyl (C=O) groups excluding carboxylic acids is 1. The average molecular weight is 322 g/mol. The van der Waals surface area contributed by atoms with Gasteiger partial charge < -0.3 is 4.74 Å². The van der Waals surface area contributed by atoms with E-state index in [9.17, 15) is 4.79 Å². The fraction of sp³-hybridized carbons (Fsp3) is 0.600. The van der Waals surface area contributed by atoms with Gasteiger partial charge in [-0.3, -0.25) is 4.68 Å². The highest BCUT2D eigenvalue weighted by atomic mass is 127. The lowest BCUT2D eigenvalue weighted by molar-refractivity contribution is 0.0523. The van der Waals surface area contributed by atoms with Crippen molar-refractivity contribution in [3.8, 4) is 0 Å². The first-order valence-corrected chi connectivity index (χ1v) is 5.96. The van der Waals surface area contributed by atoms with E-state index in [1.165, 1.54) is 0 Å². The van der Waals surface area contributed by atoms with E-state index < -0.39 is 0 Å². The molecule has 0 aliphatic heterocycles. The predicted molar refractivity (Wildman–Crippen MR) is 66.0 cm³/mol. The van der Waals surface area contributed by atoms with Gasteiger partial charge in [0.05, 0.1) is 12.3 Å². The van der Waals surface area contributed by atoms with Crippen LogP contribution in [0.25, 0.3) is 0 Å². The minimum absolute atomic E-state index is 0.221. The quantitative estimate of drug-likeness (QED) is 0.634. The van der Waals surface area contributed by atoms with Crippen LogP contribution in [0, 0.1) is 3.70 Å². The van der Waals surface area contributed by atoms with E-state index in [1.807, 2.05) is 20.9 Å². The molecule has 1 heterocycles. The van der Waals surface area contributed by atoms with Crippen molar-refractivity contribution in [3.05, 3.63) is 15.0 Å². The monoisotopic (exact) mass is 322 g/mol. The number of nitrogens with zero attached hydrogens (tertiary/aromatic N) is 2. The third kappa shape index (κ3) is 2.50. The first kappa shape index (κ1) is 12.5. The van der Waals surface area contributed by atoms with Crippen LogP contribution in [0.2, 0.25) is 0 Å². The first-order chi connectivity index (χ1) is 6.99. The summed E-state index contributed by atoms with van der Waals surface area (Å²) in [5.74, 6) is -0.0576. The van der Waals surface area contributed by atoms with E-state index in [0.29, 0.717) is 12.2 Å². The summed E-state index contributed by atoms with van der Waals surface area (Å²) in [6.45, 7) is 6.22. The predicted octanol–water partition coefficient (Wildman–Crippen LogP) is 2.32. The molecule has 1 aromatic rings. The van der Waals surface area contributed by atoms with E-state index in [2.05, 4.69) is 27.7 Å². The number of esters is 1. The summed E-state index contributed by atoms with van der Waals surface area (Å²) in [7, 11) is 1.83. The molecular formula is C10H15IN2O2. The van der Waals surface area contributed by atoms with Crippen LogP contribution in [-0.4, -0.2) is 22.4 Å². The Balaban J connectivity index is 3.19. The van der Waals surface area contributed by atoms with Gasteiger partial charge in [0.15, 0.2) is 0 Å². The largest absolute Gasteiger partial charge is 0.462 e. The van der Waals surface area contributed by atoms with Crippen molar-refractivity contribution in [1.82, 2.24) is 9.78 Å². The molecule has 1 aromatic heterocycles. The molecule has 84 valence electrons. The van der Waals surface area contributed by atoms with Gasteiger partial charge in [-0.25, -0.2) is 4.79 Å². The summed E-state index contributed by atoms with van der Waals surface area (Å²) in [4.78, 5) is 11.7. The Hall–Kier alpha value is -0.590. The second-order valence-corrected chi connectivity index (χ2v) is 4.57. The zero-order valence-electron chi connectivity index (χ0n) is 9.37. The molecule has 4 nitrogen and oxygen atoms in total. The normalized spacial score (nSPS) is 10.8. The van der Waals surface area contributed by atoms with Gasteiger partial charge >= 0.3 is 5.97 Å². The lowest BCUT2D eigenvalue weighted by Crippen LogP contribution is -2.09. The first-order valence-electron chi connectivity index (χ1n) is 4.88. The Morgan fingerprint density at radius 3 is 2.67 bits per heavy atom. The van der Waals surface area contributed by atoms with Crippen LogP contribution in [0.1, 0.15) is 42.7 Å². The van der Waals surface area contributed by atoms with Crippen molar-refractivity contribution in [2.75, 3.05) is 6.61 Å². The summed E-state index contributed by atoms with van der Waals surface area (Å²) in [6, 6.07) is 0. The second kappa shape index (κ2) is 4.96. The minimum atomic E-state index is -0.279. The average Bonchev–Trinajstić information content (AvgIpc) is 2.44. The Labute approximate surface area is 103 Å². The molecular weight excluding hydrogens is 307 g/mol. The molecule has 0 spiro atoms. The van der Waals surface area contributed by atoms with E-state index in [1.54, 1.807) is 11.6 Å². The molecule has 0 amide bonds. The Kier molecular flexibility index (Phi) is 4.12. The summed E-state index contributed by atoms with van der Waals surface area (Å²) >= 11 is 2.11. The highest BCUT2D eigenvalue weighted by Gasteiger charge is 2.23. The Morgan fingerprint density at radius 2 is 2.20 bits per heavy atom. The van der Waals surface area contributed by atoms with Crippen LogP contribution in [-0.2, 0) is 11.8 Å². The molecule has 0 aliphatic rings. The molecule has 5 heteroatoms. The summed E-state index contributed by atoms with van der Waals surface area (Å²) < 4.78 is 7.55.